The molecule has 0 fully saturated rings. The third kappa shape index (κ3) is 5.39. The molecule has 2 N–H and O–H groups in total. The SMILES string of the molecule is CNC(=O)CN(C)Cc1ccc(F)cc1C#CCCO. The number of hydrogen-bond acceptors (Lipinski definition) is 3. The Morgan fingerprint density at radius 2 is 2.25 bits per heavy atom. The summed E-state index contributed by atoms with van der Waals surface area (Å²) in [6, 6.07) is 4.41. The number of aliphatic hydroxyl groups is 1. The summed E-state index contributed by atoms with van der Waals surface area (Å²) in [5.74, 6) is 5.20. The largest absolute Gasteiger partial charge is 0.395 e. The number of benzene rings is 1. The van der Waals surface area contributed by atoms with Crippen molar-refractivity contribution in [1.29, 1.82) is 0 Å². The third-order valence-electron chi connectivity index (χ3n) is 2.66. The van der Waals surface area contributed by atoms with Crippen molar-refractivity contribution in [2.24, 2.45) is 0 Å². The molecule has 1 aromatic rings. The molecule has 20 heavy (non-hydrogen) atoms. The van der Waals surface area contributed by atoms with Crippen LogP contribution in [0.25, 0.3) is 0 Å². The quantitative estimate of drug-likeness (QED) is 0.781. The van der Waals surface area contributed by atoms with Crippen molar-refractivity contribution in [3.05, 3.63) is 35.1 Å². The number of halogens is 1. The zero-order valence-electron chi connectivity index (χ0n) is 11.7. The Bertz CT molecular complexity index is 520. The number of carbonyl (C=O) groups is 1. The number of carbonyl (C=O) groups excluding carboxylic acids is 1. The van der Waals surface area contributed by atoms with Gasteiger partial charge in [-0.1, -0.05) is 17.9 Å². The fourth-order valence-electron chi connectivity index (χ4n) is 1.69. The number of likely N-dealkylation sites (N-methyl/N-ethyl adjacent to an activating group) is 2. The number of rotatable bonds is 5. The second-order valence-electron chi connectivity index (χ2n) is 4.42. The van der Waals surface area contributed by atoms with Gasteiger partial charge in [-0.2, -0.15) is 0 Å². The molecule has 0 unspecified atom stereocenters. The van der Waals surface area contributed by atoms with E-state index < -0.39 is 0 Å². The van der Waals surface area contributed by atoms with Gasteiger partial charge in [-0.15, -0.1) is 0 Å². The smallest absolute Gasteiger partial charge is 0.233 e. The van der Waals surface area contributed by atoms with Crippen LogP contribution in [-0.4, -0.2) is 43.2 Å². The second kappa shape index (κ2) is 8.31. The van der Waals surface area contributed by atoms with Crippen LogP contribution in [0.15, 0.2) is 18.2 Å². The molecule has 0 aliphatic rings. The predicted molar refractivity (Wildman–Crippen MR) is 75.4 cm³/mol. The lowest BCUT2D eigenvalue weighted by Crippen LogP contribution is -2.32. The van der Waals surface area contributed by atoms with Crippen LogP contribution < -0.4 is 5.32 Å². The Morgan fingerprint density at radius 1 is 1.50 bits per heavy atom. The van der Waals surface area contributed by atoms with Crippen molar-refractivity contribution in [2.75, 3.05) is 27.2 Å². The highest BCUT2D eigenvalue weighted by Gasteiger charge is 2.08. The molecule has 0 atom stereocenters. The molecule has 0 spiro atoms. The van der Waals surface area contributed by atoms with Gasteiger partial charge in [0.2, 0.25) is 5.91 Å². The number of hydrogen-bond donors (Lipinski definition) is 2. The zero-order chi connectivity index (χ0) is 15.0. The van der Waals surface area contributed by atoms with Crippen LogP contribution in [-0.2, 0) is 11.3 Å². The van der Waals surface area contributed by atoms with E-state index >= 15 is 0 Å². The first-order valence-corrected chi connectivity index (χ1v) is 6.34. The molecule has 0 bridgehead atoms. The predicted octanol–water partition coefficient (Wildman–Crippen LogP) is 0.737. The van der Waals surface area contributed by atoms with Gasteiger partial charge in [0.05, 0.1) is 13.2 Å². The van der Waals surface area contributed by atoms with Gasteiger partial charge in [0.25, 0.3) is 0 Å². The van der Waals surface area contributed by atoms with E-state index in [0.29, 0.717) is 18.5 Å². The molecular formula is C15H19FN2O2. The van der Waals surface area contributed by atoms with E-state index in [4.69, 9.17) is 5.11 Å². The van der Waals surface area contributed by atoms with Crippen molar-refractivity contribution >= 4 is 5.91 Å². The maximum absolute atomic E-state index is 13.3. The van der Waals surface area contributed by atoms with Crippen LogP contribution in [0.1, 0.15) is 17.5 Å². The van der Waals surface area contributed by atoms with E-state index in [1.807, 2.05) is 11.9 Å². The second-order valence-corrected chi connectivity index (χ2v) is 4.42. The maximum atomic E-state index is 13.3. The van der Waals surface area contributed by atoms with Crippen molar-refractivity contribution in [3.8, 4) is 11.8 Å². The molecular weight excluding hydrogens is 259 g/mol. The van der Waals surface area contributed by atoms with Gasteiger partial charge < -0.3 is 10.4 Å². The highest BCUT2D eigenvalue weighted by Crippen LogP contribution is 2.12. The highest BCUT2D eigenvalue weighted by molar-refractivity contribution is 5.77. The molecule has 0 aliphatic carbocycles. The molecule has 0 aliphatic heterocycles. The van der Waals surface area contributed by atoms with E-state index in [2.05, 4.69) is 17.2 Å². The van der Waals surface area contributed by atoms with Gasteiger partial charge in [0, 0.05) is 25.6 Å². The van der Waals surface area contributed by atoms with Gasteiger partial charge in [0.15, 0.2) is 0 Å². The minimum absolute atomic E-state index is 0.0196. The van der Waals surface area contributed by atoms with Gasteiger partial charge in [-0.05, 0) is 24.7 Å². The van der Waals surface area contributed by atoms with E-state index in [1.54, 1.807) is 13.1 Å². The third-order valence-corrected chi connectivity index (χ3v) is 2.66. The van der Waals surface area contributed by atoms with Gasteiger partial charge in [-0.25, -0.2) is 4.39 Å². The Balaban J connectivity index is 2.83. The van der Waals surface area contributed by atoms with Gasteiger partial charge >= 0.3 is 0 Å². The molecule has 0 radical (unpaired) electrons. The molecule has 0 aromatic heterocycles. The van der Waals surface area contributed by atoms with Crippen molar-refractivity contribution in [1.82, 2.24) is 10.2 Å². The lowest BCUT2D eigenvalue weighted by atomic mass is 10.1. The van der Waals surface area contributed by atoms with E-state index in [-0.39, 0.29) is 24.9 Å². The summed E-state index contributed by atoms with van der Waals surface area (Å²) in [5, 5.41) is 11.3. The monoisotopic (exact) mass is 278 g/mol. The summed E-state index contributed by atoms with van der Waals surface area (Å²) in [6.07, 6.45) is 0.351. The van der Waals surface area contributed by atoms with Gasteiger partial charge in [-0.3, -0.25) is 9.69 Å². The molecule has 0 saturated carbocycles. The average molecular weight is 278 g/mol. The number of nitrogens with zero attached hydrogens (tertiary/aromatic N) is 1. The van der Waals surface area contributed by atoms with Crippen LogP contribution in [0.4, 0.5) is 4.39 Å². The zero-order valence-corrected chi connectivity index (χ0v) is 11.7. The molecule has 0 saturated heterocycles. The Labute approximate surface area is 118 Å². The van der Waals surface area contributed by atoms with Crippen molar-refractivity contribution < 1.29 is 14.3 Å². The van der Waals surface area contributed by atoms with Crippen molar-refractivity contribution in [2.45, 2.75) is 13.0 Å². The topological polar surface area (TPSA) is 52.6 Å². The number of nitrogens with one attached hydrogen (secondary N) is 1. The Hall–Kier alpha value is -1.90. The first-order chi connectivity index (χ1) is 9.56. The lowest BCUT2D eigenvalue weighted by Gasteiger charge is -2.16. The first kappa shape index (κ1) is 16.2. The lowest BCUT2D eigenvalue weighted by molar-refractivity contribution is -0.121. The van der Waals surface area contributed by atoms with E-state index in [0.717, 1.165) is 5.56 Å². The fraction of sp³-hybridized carbons (Fsp3) is 0.400. The fourth-order valence-corrected chi connectivity index (χ4v) is 1.69. The van der Waals surface area contributed by atoms with Crippen LogP contribution in [0.2, 0.25) is 0 Å². The molecule has 0 heterocycles. The van der Waals surface area contributed by atoms with E-state index in [1.165, 1.54) is 12.1 Å². The number of aliphatic hydroxyl groups excluding tert-OH is 1. The van der Waals surface area contributed by atoms with E-state index in [9.17, 15) is 9.18 Å². The van der Waals surface area contributed by atoms with Crippen LogP contribution in [0.5, 0.6) is 0 Å². The summed E-state index contributed by atoms with van der Waals surface area (Å²) in [4.78, 5) is 13.1. The van der Waals surface area contributed by atoms with Gasteiger partial charge in [0.1, 0.15) is 5.82 Å². The Kier molecular flexibility index (Phi) is 6.71. The average Bonchev–Trinajstić information content (AvgIpc) is 2.41. The molecule has 108 valence electrons. The maximum Gasteiger partial charge on any atom is 0.233 e. The normalized spacial score (nSPS) is 10.1. The molecule has 5 heteroatoms. The summed E-state index contributed by atoms with van der Waals surface area (Å²) >= 11 is 0. The summed E-state index contributed by atoms with van der Waals surface area (Å²) in [7, 11) is 3.39. The Morgan fingerprint density at radius 3 is 2.90 bits per heavy atom. The summed E-state index contributed by atoms with van der Waals surface area (Å²) in [5.41, 5.74) is 1.44. The summed E-state index contributed by atoms with van der Waals surface area (Å²) < 4.78 is 13.3. The van der Waals surface area contributed by atoms with Crippen LogP contribution >= 0.6 is 0 Å². The van der Waals surface area contributed by atoms with Crippen molar-refractivity contribution in [3.63, 3.8) is 0 Å². The minimum Gasteiger partial charge on any atom is -0.395 e. The molecule has 1 aromatic carbocycles. The molecule has 1 rings (SSSR count). The minimum atomic E-state index is -0.351. The van der Waals surface area contributed by atoms with Crippen LogP contribution in [0, 0.1) is 17.7 Å². The molecule has 4 nitrogen and oxygen atoms in total. The summed E-state index contributed by atoms with van der Waals surface area (Å²) in [6.45, 7) is 0.739. The first-order valence-electron chi connectivity index (χ1n) is 6.34. The number of amides is 1. The highest BCUT2D eigenvalue weighted by atomic mass is 19.1. The molecule has 1 amide bonds. The van der Waals surface area contributed by atoms with Crippen LogP contribution in [0.3, 0.4) is 0 Å². The standard InChI is InChI=1S/C15H19FN2O2/c1-17-15(20)11-18(2)10-13-6-7-14(16)9-12(13)5-3-4-8-19/h6-7,9,19H,4,8,10-11H2,1-2H3,(H,17,20).